The molecule has 5 nitrogen and oxygen atoms in total. The lowest BCUT2D eigenvalue weighted by atomic mass is 10.1. The quantitative estimate of drug-likeness (QED) is 0.775. The summed E-state index contributed by atoms with van der Waals surface area (Å²) in [6, 6.07) is 9.92. The fourth-order valence-corrected chi connectivity index (χ4v) is 2.01. The van der Waals surface area contributed by atoms with E-state index in [4.69, 9.17) is 5.11 Å². The van der Waals surface area contributed by atoms with Crippen molar-refractivity contribution in [3.8, 4) is 0 Å². The molecule has 3 aromatic rings. The molecule has 1 N–H and O–H groups in total. The van der Waals surface area contributed by atoms with Gasteiger partial charge in [-0.05, 0) is 5.56 Å². The molecular weight excluding hydrogens is 242 g/mol. The molecule has 5 heteroatoms. The number of hydrogen-bond acceptors (Lipinski definition) is 3. The van der Waals surface area contributed by atoms with Crippen LogP contribution in [0.5, 0.6) is 0 Å². The lowest BCUT2D eigenvalue weighted by molar-refractivity contribution is 0.0692. The van der Waals surface area contributed by atoms with Crippen LogP contribution in [-0.4, -0.2) is 25.4 Å². The molecule has 0 saturated heterocycles. The zero-order chi connectivity index (χ0) is 13.2. The highest BCUT2D eigenvalue weighted by Gasteiger charge is 2.13. The summed E-state index contributed by atoms with van der Waals surface area (Å²) in [5, 5.41) is 9.07. The largest absolute Gasteiger partial charge is 0.476 e. The second kappa shape index (κ2) is 4.53. The molecule has 0 atom stereocenters. The number of carbonyl (C=O) groups is 1. The Morgan fingerprint density at radius 1 is 1.26 bits per heavy atom. The fourth-order valence-electron chi connectivity index (χ4n) is 2.01. The molecule has 2 heterocycles. The van der Waals surface area contributed by atoms with Crippen molar-refractivity contribution in [2.24, 2.45) is 0 Å². The second-order valence-electron chi connectivity index (χ2n) is 4.21. The number of carboxylic acids is 1. The zero-order valence-corrected chi connectivity index (χ0v) is 10.0. The second-order valence-corrected chi connectivity index (χ2v) is 4.21. The van der Waals surface area contributed by atoms with Crippen LogP contribution >= 0.6 is 0 Å². The molecule has 19 heavy (non-hydrogen) atoms. The van der Waals surface area contributed by atoms with Crippen LogP contribution < -0.4 is 0 Å². The maximum absolute atomic E-state index is 11.1. The number of rotatable bonds is 3. The number of nitrogens with zero attached hydrogens (tertiary/aromatic N) is 3. The minimum Gasteiger partial charge on any atom is -0.476 e. The molecule has 0 aliphatic heterocycles. The zero-order valence-electron chi connectivity index (χ0n) is 10.0. The van der Waals surface area contributed by atoms with Gasteiger partial charge >= 0.3 is 5.97 Å². The van der Waals surface area contributed by atoms with Gasteiger partial charge in [-0.15, -0.1) is 0 Å². The van der Waals surface area contributed by atoms with Gasteiger partial charge < -0.3 is 9.51 Å². The first-order valence-corrected chi connectivity index (χ1v) is 5.84. The van der Waals surface area contributed by atoms with Crippen molar-refractivity contribution in [1.29, 1.82) is 0 Å². The third kappa shape index (κ3) is 2.18. The van der Waals surface area contributed by atoms with Crippen LogP contribution in [0, 0.1) is 0 Å². The van der Waals surface area contributed by atoms with Crippen molar-refractivity contribution in [2.45, 2.75) is 6.42 Å². The summed E-state index contributed by atoms with van der Waals surface area (Å²) in [6.45, 7) is 0. The van der Waals surface area contributed by atoms with Gasteiger partial charge in [0.15, 0.2) is 11.3 Å². The third-order valence-electron chi connectivity index (χ3n) is 2.86. The molecule has 2 aromatic heterocycles. The van der Waals surface area contributed by atoms with Crippen molar-refractivity contribution >= 4 is 11.6 Å². The molecule has 0 aliphatic carbocycles. The molecule has 94 valence electrons. The minimum absolute atomic E-state index is 0.0261. The van der Waals surface area contributed by atoms with Crippen LogP contribution in [0.25, 0.3) is 5.65 Å². The monoisotopic (exact) mass is 253 g/mol. The number of imidazole rings is 1. The molecule has 0 radical (unpaired) electrons. The fraction of sp³-hybridized carbons (Fsp3) is 0.0714. The Morgan fingerprint density at radius 3 is 2.79 bits per heavy atom. The average Bonchev–Trinajstić information content (AvgIpc) is 2.81. The number of hydrogen-bond donors (Lipinski definition) is 1. The molecule has 0 unspecified atom stereocenters. The van der Waals surface area contributed by atoms with Crippen LogP contribution in [0.1, 0.15) is 21.7 Å². The van der Waals surface area contributed by atoms with Crippen LogP contribution in [0.3, 0.4) is 0 Å². The summed E-state index contributed by atoms with van der Waals surface area (Å²) >= 11 is 0. The lowest BCUT2D eigenvalue weighted by Gasteiger charge is -1.95. The molecule has 0 fully saturated rings. The predicted octanol–water partition coefficient (Wildman–Crippen LogP) is 2.02. The van der Waals surface area contributed by atoms with Gasteiger partial charge in [0.25, 0.3) is 0 Å². The van der Waals surface area contributed by atoms with E-state index in [0.717, 1.165) is 11.3 Å². The van der Waals surface area contributed by atoms with Crippen LogP contribution in [0.4, 0.5) is 0 Å². The minimum atomic E-state index is -1.07. The number of fused-ring (bicyclic) bond motifs is 1. The molecule has 0 amide bonds. The molecule has 0 bridgehead atoms. The third-order valence-corrected chi connectivity index (χ3v) is 2.86. The average molecular weight is 253 g/mol. The Labute approximate surface area is 109 Å². The van der Waals surface area contributed by atoms with E-state index < -0.39 is 5.97 Å². The topological polar surface area (TPSA) is 67.5 Å². The Kier molecular flexibility index (Phi) is 2.72. The van der Waals surface area contributed by atoms with Gasteiger partial charge in [-0.1, -0.05) is 30.3 Å². The maximum Gasteiger partial charge on any atom is 0.358 e. The van der Waals surface area contributed by atoms with E-state index in [1.54, 1.807) is 10.6 Å². The number of carboxylic acid groups (broad SMARTS) is 1. The summed E-state index contributed by atoms with van der Waals surface area (Å²) < 4.78 is 1.69. The summed E-state index contributed by atoms with van der Waals surface area (Å²) in [5.74, 6) is -1.07. The van der Waals surface area contributed by atoms with Crippen molar-refractivity contribution in [3.05, 3.63) is 65.9 Å². The Hall–Kier alpha value is -2.69. The first kappa shape index (κ1) is 11.4. The molecular formula is C14H11N3O2. The van der Waals surface area contributed by atoms with Gasteiger partial charge in [0.2, 0.25) is 0 Å². The SMILES string of the molecule is O=C(O)c1nccn2cc(Cc3ccccc3)nc12. The van der Waals surface area contributed by atoms with Crippen molar-refractivity contribution in [2.75, 3.05) is 0 Å². The van der Waals surface area contributed by atoms with Crippen molar-refractivity contribution in [3.63, 3.8) is 0 Å². The lowest BCUT2D eigenvalue weighted by Crippen LogP contribution is -2.03. The van der Waals surface area contributed by atoms with E-state index in [-0.39, 0.29) is 5.69 Å². The highest BCUT2D eigenvalue weighted by atomic mass is 16.4. The summed E-state index contributed by atoms with van der Waals surface area (Å²) in [7, 11) is 0. The van der Waals surface area contributed by atoms with Crippen LogP contribution in [-0.2, 0) is 6.42 Å². The van der Waals surface area contributed by atoms with Gasteiger partial charge in [0, 0.05) is 25.0 Å². The highest BCUT2D eigenvalue weighted by Crippen LogP contribution is 2.12. The van der Waals surface area contributed by atoms with E-state index in [1.807, 2.05) is 36.5 Å². The molecule has 0 saturated carbocycles. The van der Waals surface area contributed by atoms with E-state index in [9.17, 15) is 4.79 Å². The van der Waals surface area contributed by atoms with E-state index in [1.165, 1.54) is 6.20 Å². The molecule has 1 aromatic carbocycles. The van der Waals surface area contributed by atoms with E-state index >= 15 is 0 Å². The molecule has 0 spiro atoms. The van der Waals surface area contributed by atoms with Crippen molar-refractivity contribution < 1.29 is 9.90 Å². The van der Waals surface area contributed by atoms with Gasteiger partial charge in [0.05, 0.1) is 5.69 Å². The Balaban J connectivity index is 2.03. The first-order chi connectivity index (χ1) is 9.24. The number of aromatic carboxylic acids is 1. The summed E-state index contributed by atoms with van der Waals surface area (Å²) in [4.78, 5) is 19.3. The van der Waals surface area contributed by atoms with Gasteiger partial charge in [-0.25, -0.2) is 14.8 Å². The van der Waals surface area contributed by atoms with Gasteiger partial charge in [0.1, 0.15) is 0 Å². The number of benzene rings is 1. The van der Waals surface area contributed by atoms with E-state index in [2.05, 4.69) is 9.97 Å². The predicted molar refractivity (Wildman–Crippen MR) is 69.2 cm³/mol. The van der Waals surface area contributed by atoms with Crippen LogP contribution in [0.2, 0.25) is 0 Å². The Bertz CT molecular complexity index is 735. The summed E-state index contributed by atoms with van der Waals surface area (Å²) in [6.07, 6.45) is 5.66. The Morgan fingerprint density at radius 2 is 2.05 bits per heavy atom. The first-order valence-electron chi connectivity index (χ1n) is 5.84. The van der Waals surface area contributed by atoms with Crippen molar-refractivity contribution in [1.82, 2.24) is 14.4 Å². The van der Waals surface area contributed by atoms with E-state index in [0.29, 0.717) is 12.1 Å². The standard InChI is InChI=1S/C14H11N3O2/c18-14(19)12-13-16-11(9-17(13)7-6-15-12)8-10-4-2-1-3-5-10/h1-7,9H,8H2,(H,18,19). The maximum atomic E-state index is 11.1. The normalized spacial score (nSPS) is 10.7. The highest BCUT2D eigenvalue weighted by molar-refractivity contribution is 5.91. The van der Waals surface area contributed by atoms with Crippen LogP contribution in [0.15, 0.2) is 48.9 Å². The smallest absolute Gasteiger partial charge is 0.358 e. The van der Waals surface area contributed by atoms with Gasteiger partial charge in [-0.3, -0.25) is 0 Å². The molecule has 3 rings (SSSR count). The number of aromatic nitrogens is 3. The molecule has 0 aliphatic rings. The summed E-state index contributed by atoms with van der Waals surface area (Å²) in [5.41, 5.74) is 2.31. The van der Waals surface area contributed by atoms with Gasteiger partial charge in [-0.2, -0.15) is 0 Å².